The van der Waals surface area contributed by atoms with Gasteiger partial charge in [0.25, 0.3) is 0 Å². The molecular weight excluding hydrogens is 242 g/mol. The molecule has 0 spiro atoms. The van der Waals surface area contributed by atoms with Crippen molar-refractivity contribution in [2.45, 2.75) is 58.4 Å². The van der Waals surface area contributed by atoms with Crippen LogP contribution in [-0.2, 0) is 6.42 Å². The second kappa shape index (κ2) is 6.30. The van der Waals surface area contributed by atoms with Crippen molar-refractivity contribution in [2.75, 3.05) is 6.54 Å². The first-order valence-electron chi connectivity index (χ1n) is 8.64. The highest BCUT2D eigenvalue weighted by atomic mass is 14.9. The second-order valence-corrected chi connectivity index (χ2v) is 6.87. The van der Waals surface area contributed by atoms with Gasteiger partial charge in [-0.3, -0.25) is 0 Å². The van der Waals surface area contributed by atoms with Crippen LogP contribution in [0.5, 0.6) is 0 Å². The van der Waals surface area contributed by atoms with E-state index in [1.54, 1.807) is 0 Å². The van der Waals surface area contributed by atoms with Crippen LogP contribution in [0, 0.1) is 17.8 Å². The van der Waals surface area contributed by atoms with Crippen LogP contribution < -0.4 is 5.32 Å². The summed E-state index contributed by atoms with van der Waals surface area (Å²) in [7, 11) is 0. The largest absolute Gasteiger partial charge is 0.310 e. The predicted molar refractivity (Wildman–Crippen MR) is 85.8 cm³/mol. The van der Waals surface area contributed by atoms with E-state index in [2.05, 4.69) is 43.4 Å². The van der Waals surface area contributed by atoms with E-state index in [1.807, 2.05) is 0 Å². The van der Waals surface area contributed by atoms with Crippen LogP contribution in [0.4, 0.5) is 0 Å². The van der Waals surface area contributed by atoms with Gasteiger partial charge >= 0.3 is 0 Å². The Hall–Kier alpha value is -0.820. The average molecular weight is 271 g/mol. The third-order valence-corrected chi connectivity index (χ3v) is 5.58. The SMILES string of the molecule is CCCNC(c1ccc(CC)cc1)C1CC2CCC1C2. The Morgan fingerprint density at radius 3 is 2.45 bits per heavy atom. The van der Waals surface area contributed by atoms with Gasteiger partial charge in [0.15, 0.2) is 0 Å². The number of hydrogen-bond donors (Lipinski definition) is 1. The van der Waals surface area contributed by atoms with Gasteiger partial charge in [0.2, 0.25) is 0 Å². The zero-order valence-corrected chi connectivity index (χ0v) is 13.1. The van der Waals surface area contributed by atoms with E-state index in [0.29, 0.717) is 6.04 Å². The lowest BCUT2D eigenvalue weighted by Gasteiger charge is -2.32. The van der Waals surface area contributed by atoms with Gasteiger partial charge in [-0.25, -0.2) is 0 Å². The molecule has 1 nitrogen and oxygen atoms in total. The molecule has 1 N–H and O–H groups in total. The number of rotatable bonds is 6. The van der Waals surface area contributed by atoms with Crippen molar-refractivity contribution in [3.05, 3.63) is 35.4 Å². The summed E-state index contributed by atoms with van der Waals surface area (Å²) in [4.78, 5) is 0. The molecule has 2 fully saturated rings. The van der Waals surface area contributed by atoms with E-state index >= 15 is 0 Å². The molecule has 20 heavy (non-hydrogen) atoms. The fraction of sp³-hybridized carbons (Fsp3) is 0.684. The number of hydrogen-bond acceptors (Lipinski definition) is 1. The van der Waals surface area contributed by atoms with Gasteiger partial charge in [0.1, 0.15) is 0 Å². The highest BCUT2D eigenvalue weighted by Crippen LogP contribution is 2.52. The highest BCUT2D eigenvalue weighted by molar-refractivity contribution is 5.26. The minimum Gasteiger partial charge on any atom is -0.310 e. The smallest absolute Gasteiger partial charge is 0.0351 e. The zero-order chi connectivity index (χ0) is 13.9. The van der Waals surface area contributed by atoms with Crippen molar-refractivity contribution in [1.29, 1.82) is 0 Å². The van der Waals surface area contributed by atoms with E-state index in [0.717, 1.165) is 30.7 Å². The lowest BCUT2D eigenvalue weighted by Crippen LogP contribution is -2.32. The molecule has 0 heterocycles. The van der Waals surface area contributed by atoms with Crippen LogP contribution in [0.1, 0.15) is 63.1 Å². The fourth-order valence-corrected chi connectivity index (χ4v) is 4.48. The molecule has 0 aliphatic heterocycles. The summed E-state index contributed by atoms with van der Waals surface area (Å²) in [5.41, 5.74) is 2.98. The molecule has 0 radical (unpaired) electrons. The maximum Gasteiger partial charge on any atom is 0.0351 e. The molecule has 3 rings (SSSR count). The molecule has 0 amide bonds. The molecule has 1 heteroatoms. The summed E-state index contributed by atoms with van der Waals surface area (Å²) in [5, 5.41) is 3.85. The molecule has 0 saturated heterocycles. The molecule has 4 unspecified atom stereocenters. The maximum atomic E-state index is 3.85. The third-order valence-electron chi connectivity index (χ3n) is 5.58. The summed E-state index contributed by atoms with van der Waals surface area (Å²) in [6, 6.07) is 9.99. The van der Waals surface area contributed by atoms with Gasteiger partial charge in [-0.15, -0.1) is 0 Å². The average Bonchev–Trinajstić information content (AvgIpc) is 3.11. The standard InChI is InChI=1S/C19H29N/c1-3-11-20-19(16-8-5-14(4-2)6-9-16)18-13-15-7-10-17(18)12-15/h5-6,8-9,15,17-20H,3-4,7,10-13H2,1-2H3. The monoisotopic (exact) mass is 271 g/mol. The summed E-state index contributed by atoms with van der Waals surface area (Å²) in [6.07, 6.45) is 8.30. The summed E-state index contributed by atoms with van der Waals surface area (Å²) in [5.74, 6) is 2.90. The highest BCUT2D eigenvalue weighted by Gasteiger charge is 2.43. The number of benzene rings is 1. The van der Waals surface area contributed by atoms with Gasteiger partial charge < -0.3 is 5.32 Å². The predicted octanol–water partition coefficient (Wildman–Crippen LogP) is 4.73. The van der Waals surface area contributed by atoms with Crippen molar-refractivity contribution in [2.24, 2.45) is 17.8 Å². The first-order valence-corrected chi connectivity index (χ1v) is 8.64. The Morgan fingerprint density at radius 2 is 1.90 bits per heavy atom. The van der Waals surface area contributed by atoms with Crippen LogP contribution in [-0.4, -0.2) is 6.54 Å². The molecular formula is C19H29N. The van der Waals surface area contributed by atoms with E-state index < -0.39 is 0 Å². The van der Waals surface area contributed by atoms with Crippen molar-refractivity contribution in [1.82, 2.24) is 5.32 Å². The minimum atomic E-state index is 0.594. The van der Waals surface area contributed by atoms with E-state index in [1.165, 1.54) is 43.2 Å². The van der Waals surface area contributed by atoms with Gasteiger partial charge in [0, 0.05) is 6.04 Å². The first-order chi connectivity index (χ1) is 9.81. The minimum absolute atomic E-state index is 0.594. The van der Waals surface area contributed by atoms with Crippen molar-refractivity contribution in [3.8, 4) is 0 Å². The van der Waals surface area contributed by atoms with Crippen molar-refractivity contribution in [3.63, 3.8) is 0 Å². The van der Waals surface area contributed by atoms with E-state index in [9.17, 15) is 0 Å². The fourth-order valence-electron chi connectivity index (χ4n) is 4.48. The molecule has 1 aromatic rings. The lowest BCUT2D eigenvalue weighted by atomic mass is 9.80. The topological polar surface area (TPSA) is 12.0 Å². The Morgan fingerprint density at radius 1 is 1.10 bits per heavy atom. The summed E-state index contributed by atoms with van der Waals surface area (Å²) < 4.78 is 0. The molecule has 0 aromatic heterocycles. The number of nitrogens with one attached hydrogen (secondary N) is 1. The molecule has 2 aliphatic rings. The normalized spacial score (nSPS) is 29.8. The van der Waals surface area contributed by atoms with Crippen LogP contribution in [0.2, 0.25) is 0 Å². The van der Waals surface area contributed by atoms with Gasteiger partial charge in [-0.1, -0.05) is 44.5 Å². The molecule has 1 aromatic carbocycles. The second-order valence-electron chi connectivity index (χ2n) is 6.87. The van der Waals surface area contributed by atoms with E-state index in [-0.39, 0.29) is 0 Å². The molecule has 110 valence electrons. The van der Waals surface area contributed by atoms with Gasteiger partial charge in [0.05, 0.1) is 0 Å². The Balaban J connectivity index is 1.77. The Kier molecular flexibility index (Phi) is 4.45. The van der Waals surface area contributed by atoms with Crippen molar-refractivity contribution >= 4 is 0 Å². The van der Waals surface area contributed by atoms with Gasteiger partial charge in [-0.2, -0.15) is 0 Å². The number of aryl methyl sites for hydroxylation is 1. The van der Waals surface area contributed by atoms with Crippen LogP contribution in [0.25, 0.3) is 0 Å². The first kappa shape index (κ1) is 14.1. The van der Waals surface area contributed by atoms with Crippen LogP contribution in [0.3, 0.4) is 0 Å². The number of fused-ring (bicyclic) bond motifs is 2. The Labute approximate surface area is 124 Å². The maximum absolute atomic E-state index is 3.85. The van der Waals surface area contributed by atoms with Crippen molar-refractivity contribution < 1.29 is 0 Å². The van der Waals surface area contributed by atoms with Crippen LogP contribution >= 0.6 is 0 Å². The quantitative estimate of drug-likeness (QED) is 0.789. The molecule has 2 saturated carbocycles. The molecule has 2 bridgehead atoms. The zero-order valence-electron chi connectivity index (χ0n) is 13.1. The van der Waals surface area contributed by atoms with Crippen LogP contribution in [0.15, 0.2) is 24.3 Å². The van der Waals surface area contributed by atoms with Gasteiger partial charge in [-0.05, 0) is 67.5 Å². The third kappa shape index (κ3) is 2.79. The summed E-state index contributed by atoms with van der Waals surface area (Å²) in [6.45, 7) is 5.65. The lowest BCUT2D eigenvalue weighted by molar-refractivity contribution is 0.251. The summed E-state index contributed by atoms with van der Waals surface area (Å²) >= 11 is 0. The molecule has 2 aliphatic carbocycles. The van der Waals surface area contributed by atoms with E-state index in [4.69, 9.17) is 0 Å². The molecule has 4 atom stereocenters. The Bertz CT molecular complexity index is 422.